The van der Waals surface area contributed by atoms with Crippen LogP contribution in [0.15, 0.2) is 48.5 Å². The third kappa shape index (κ3) is 5.37. The van der Waals surface area contributed by atoms with Crippen molar-refractivity contribution in [1.82, 2.24) is 10.2 Å². The van der Waals surface area contributed by atoms with Gasteiger partial charge < -0.3 is 19.7 Å². The normalized spacial score (nSPS) is 18.2. The fraction of sp³-hybridized carbons (Fsp3) is 0.440. The third-order valence-electron chi connectivity index (χ3n) is 5.74. The van der Waals surface area contributed by atoms with Crippen molar-refractivity contribution in [1.29, 1.82) is 0 Å². The van der Waals surface area contributed by atoms with E-state index in [-0.39, 0.29) is 11.8 Å². The molecule has 31 heavy (non-hydrogen) atoms. The SMILES string of the molecule is CCOc1ccc(CCN2C(=O)CC[C@@]2(C)C(=O)NCc2ccccc2)cc1OCC. The van der Waals surface area contributed by atoms with Gasteiger partial charge in [0.05, 0.1) is 13.2 Å². The van der Waals surface area contributed by atoms with Crippen molar-refractivity contribution in [2.24, 2.45) is 0 Å². The highest BCUT2D eigenvalue weighted by molar-refractivity contribution is 5.94. The van der Waals surface area contributed by atoms with Crippen LogP contribution in [0.1, 0.15) is 44.7 Å². The van der Waals surface area contributed by atoms with Crippen molar-refractivity contribution in [2.45, 2.75) is 52.1 Å². The maximum Gasteiger partial charge on any atom is 0.245 e. The van der Waals surface area contributed by atoms with Crippen LogP contribution in [-0.2, 0) is 22.6 Å². The summed E-state index contributed by atoms with van der Waals surface area (Å²) >= 11 is 0. The van der Waals surface area contributed by atoms with E-state index in [0.29, 0.717) is 51.3 Å². The molecule has 1 fully saturated rings. The van der Waals surface area contributed by atoms with Crippen molar-refractivity contribution in [3.63, 3.8) is 0 Å². The molecule has 166 valence electrons. The molecule has 6 nitrogen and oxygen atoms in total. The second-order valence-corrected chi connectivity index (χ2v) is 7.88. The summed E-state index contributed by atoms with van der Waals surface area (Å²) in [5.74, 6) is 1.34. The second kappa shape index (κ2) is 10.3. The van der Waals surface area contributed by atoms with Crippen molar-refractivity contribution in [2.75, 3.05) is 19.8 Å². The summed E-state index contributed by atoms with van der Waals surface area (Å²) in [6.07, 6.45) is 1.56. The highest BCUT2D eigenvalue weighted by atomic mass is 16.5. The second-order valence-electron chi connectivity index (χ2n) is 7.88. The molecule has 3 rings (SSSR count). The first-order valence-electron chi connectivity index (χ1n) is 11.0. The fourth-order valence-electron chi connectivity index (χ4n) is 3.96. The molecule has 1 saturated heterocycles. The van der Waals surface area contributed by atoms with Crippen LogP contribution < -0.4 is 14.8 Å². The van der Waals surface area contributed by atoms with Gasteiger partial charge in [-0.05, 0) is 56.9 Å². The van der Waals surface area contributed by atoms with Gasteiger partial charge >= 0.3 is 0 Å². The quantitative estimate of drug-likeness (QED) is 0.631. The number of carbonyl (C=O) groups excluding carboxylic acids is 2. The van der Waals surface area contributed by atoms with Crippen LogP contribution in [0.25, 0.3) is 0 Å². The summed E-state index contributed by atoms with van der Waals surface area (Å²) in [5.41, 5.74) is 1.24. The van der Waals surface area contributed by atoms with Crippen LogP contribution in [0.3, 0.4) is 0 Å². The van der Waals surface area contributed by atoms with Gasteiger partial charge in [-0.15, -0.1) is 0 Å². The molecular formula is C25H32N2O4. The zero-order valence-corrected chi connectivity index (χ0v) is 18.6. The standard InChI is InChI=1S/C25H32N2O4/c1-4-30-21-12-11-19(17-22(21)31-5-2)14-16-27-23(28)13-15-25(27,3)24(29)26-18-20-9-7-6-8-10-20/h6-12,17H,4-5,13-16,18H2,1-3H3,(H,26,29)/t25-/m0/s1. The number of hydrogen-bond donors (Lipinski definition) is 1. The van der Waals surface area contributed by atoms with Gasteiger partial charge in [0.2, 0.25) is 11.8 Å². The summed E-state index contributed by atoms with van der Waals surface area (Å²) in [4.78, 5) is 27.3. The molecule has 0 aliphatic carbocycles. The predicted molar refractivity (Wildman–Crippen MR) is 120 cm³/mol. The zero-order chi connectivity index (χ0) is 22.3. The minimum atomic E-state index is -0.833. The number of likely N-dealkylation sites (tertiary alicyclic amines) is 1. The van der Waals surface area contributed by atoms with Crippen LogP contribution in [0.4, 0.5) is 0 Å². The first-order chi connectivity index (χ1) is 15.0. The van der Waals surface area contributed by atoms with Gasteiger partial charge in [0, 0.05) is 19.5 Å². The Bertz CT molecular complexity index is 900. The zero-order valence-electron chi connectivity index (χ0n) is 18.6. The van der Waals surface area contributed by atoms with E-state index in [1.165, 1.54) is 0 Å². The topological polar surface area (TPSA) is 67.9 Å². The van der Waals surface area contributed by atoms with E-state index in [1.807, 2.05) is 69.3 Å². The number of carbonyl (C=O) groups is 2. The van der Waals surface area contributed by atoms with Crippen molar-refractivity contribution in [3.8, 4) is 11.5 Å². The van der Waals surface area contributed by atoms with E-state index in [0.717, 1.165) is 16.9 Å². The van der Waals surface area contributed by atoms with Crippen molar-refractivity contribution in [3.05, 3.63) is 59.7 Å². The molecule has 2 amide bonds. The van der Waals surface area contributed by atoms with E-state index in [1.54, 1.807) is 4.90 Å². The highest BCUT2D eigenvalue weighted by Crippen LogP contribution is 2.32. The molecule has 2 aromatic carbocycles. The molecular weight excluding hydrogens is 392 g/mol. The Labute approximate surface area is 184 Å². The first kappa shape index (κ1) is 22.7. The summed E-state index contributed by atoms with van der Waals surface area (Å²) < 4.78 is 11.3. The van der Waals surface area contributed by atoms with Crippen LogP contribution in [0, 0.1) is 0 Å². The molecule has 1 aliphatic rings. The summed E-state index contributed by atoms with van der Waals surface area (Å²) in [5, 5.41) is 3.01. The van der Waals surface area contributed by atoms with Gasteiger partial charge in [0.1, 0.15) is 5.54 Å². The molecule has 1 aliphatic heterocycles. The van der Waals surface area contributed by atoms with Crippen LogP contribution in [0.2, 0.25) is 0 Å². The Morgan fingerprint density at radius 3 is 2.45 bits per heavy atom. The van der Waals surface area contributed by atoms with Gasteiger partial charge in [0.25, 0.3) is 0 Å². The first-order valence-corrected chi connectivity index (χ1v) is 11.0. The lowest BCUT2D eigenvalue weighted by molar-refractivity contribution is -0.140. The van der Waals surface area contributed by atoms with E-state index in [9.17, 15) is 9.59 Å². The molecule has 2 aromatic rings. The van der Waals surface area contributed by atoms with E-state index < -0.39 is 5.54 Å². The fourth-order valence-corrected chi connectivity index (χ4v) is 3.96. The average Bonchev–Trinajstić information content (AvgIpc) is 3.08. The molecule has 1 N–H and O–H groups in total. The molecule has 0 saturated carbocycles. The Morgan fingerprint density at radius 1 is 1.03 bits per heavy atom. The minimum absolute atomic E-state index is 0.0216. The van der Waals surface area contributed by atoms with E-state index >= 15 is 0 Å². The summed E-state index contributed by atoms with van der Waals surface area (Å²) in [6, 6.07) is 15.6. The van der Waals surface area contributed by atoms with Crippen molar-refractivity contribution < 1.29 is 19.1 Å². The number of rotatable bonds is 10. The lowest BCUT2D eigenvalue weighted by Crippen LogP contribution is -2.54. The van der Waals surface area contributed by atoms with Crippen LogP contribution in [-0.4, -0.2) is 42.0 Å². The molecule has 1 heterocycles. The maximum absolute atomic E-state index is 13.0. The van der Waals surface area contributed by atoms with Gasteiger partial charge in [-0.3, -0.25) is 9.59 Å². The van der Waals surface area contributed by atoms with Gasteiger partial charge in [-0.2, -0.15) is 0 Å². The number of hydrogen-bond acceptors (Lipinski definition) is 4. The van der Waals surface area contributed by atoms with E-state index in [2.05, 4.69) is 5.32 Å². The van der Waals surface area contributed by atoms with Crippen LogP contribution in [0.5, 0.6) is 11.5 Å². The summed E-state index contributed by atoms with van der Waals surface area (Å²) in [6.45, 7) is 7.78. The molecule has 1 atom stereocenters. The van der Waals surface area contributed by atoms with Gasteiger partial charge in [-0.25, -0.2) is 0 Å². The number of nitrogens with zero attached hydrogens (tertiary/aromatic N) is 1. The average molecular weight is 425 g/mol. The monoisotopic (exact) mass is 424 g/mol. The predicted octanol–water partition coefficient (Wildman–Crippen LogP) is 3.72. The summed E-state index contributed by atoms with van der Waals surface area (Å²) in [7, 11) is 0. The Hall–Kier alpha value is -3.02. The molecule has 0 aromatic heterocycles. The number of ether oxygens (including phenoxy) is 2. The van der Waals surface area contributed by atoms with Gasteiger partial charge in [0.15, 0.2) is 11.5 Å². The molecule has 0 bridgehead atoms. The lowest BCUT2D eigenvalue weighted by Gasteiger charge is -2.34. The van der Waals surface area contributed by atoms with Crippen LogP contribution >= 0.6 is 0 Å². The minimum Gasteiger partial charge on any atom is -0.490 e. The number of nitrogens with one attached hydrogen (secondary N) is 1. The Morgan fingerprint density at radius 2 is 1.74 bits per heavy atom. The van der Waals surface area contributed by atoms with Crippen molar-refractivity contribution >= 4 is 11.8 Å². The highest BCUT2D eigenvalue weighted by Gasteiger charge is 2.46. The van der Waals surface area contributed by atoms with Gasteiger partial charge in [-0.1, -0.05) is 36.4 Å². The molecule has 0 unspecified atom stereocenters. The number of amides is 2. The van der Waals surface area contributed by atoms with E-state index in [4.69, 9.17) is 9.47 Å². The molecule has 0 spiro atoms. The maximum atomic E-state index is 13.0. The largest absolute Gasteiger partial charge is 0.490 e. The molecule has 6 heteroatoms. The smallest absolute Gasteiger partial charge is 0.245 e. The Kier molecular flexibility index (Phi) is 7.55. The lowest BCUT2D eigenvalue weighted by atomic mass is 9.97. The Balaban J connectivity index is 1.67. The third-order valence-corrected chi connectivity index (χ3v) is 5.74. The number of benzene rings is 2. The molecule has 0 radical (unpaired) electrons.